The van der Waals surface area contributed by atoms with Crippen molar-refractivity contribution in [3.05, 3.63) is 76.4 Å². The highest BCUT2D eigenvalue weighted by molar-refractivity contribution is 6.10. The van der Waals surface area contributed by atoms with E-state index in [4.69, 9.17) is 0 Å². The van der Waals surface area contributed by atoms with Crippen LogP contribution in [0.1, 0.15) is 64.1 Å². The quantitative estimate of drug-likeness (QED) is 0.362. The highest BCUT2D eigenvalue weighted by Crippen LogP contribution is 2.64. The van der Waals surface area contributed by atoms with E-state index < -0.39 is 40.8 Å². The van der Waals surface area contributed by atoms with Gasteiger partial charge in [0.15, 0.2) is 0 Å². The monoisotopic (exact) mass is 596 g/mol. The molecule has 7 nitrogen and oxygen atoms in total. The van der Waals surface area contributed by atoms with Crippen molar-refractivity contribution < 1.29 is 26.7 Å². The summed E-state index contributed by atoms with van der Waals surface area (Å²) in [6.45, 7) is -0.169. The third-order valence-corrected chi connectivity index (χ3v) is 9.97. The van der Waals surface area contributed by atoms with Gasteiger partial charge in [-0.1, -0.05) is 12.1 Å². The van der Waals surface area contributed by atoms with Crippen LogP contribution in [0.4, 0.5) is 27.6 Å². The summed E-state index contributed by atoms with van der Waals surface area (Å²) in [5.41, 5.74) is 0.328. The number of hydrogen-bond donors (Lipinski definition) is 1. The van der Waals surface area contributed by atoms with Crippen molar-refractivity contribution in [3.8, 4) is 6.07 Å². The number of aryl methyl sites for hydroxylation is 1. The molecule has 224 valence electrons. The van der Waals surface area contributed by atoms with Crippen molar-refractivity contribution in [1.29, 1.82) is 5.26 Å². The lowest BCUT2D eigenvalue weighted by atomic mass is 9.57. The third-order valence-electron chi connectivity index (χ3n) is 9.97. The van der Waals surface area contributed by atoms with Gasteiger partial charge in [0, 0.05) is 60.5 Å². The Morgan fingerprint density at radius 2 is 1.88 bits per heavy atom. The van der Waals surface area contributed by atoms with Crippen molar-refractivity contribution in [2.24, 2.45) is 24.8 Å². The van der Waals surface area contributed by atoms with Gasteiger partial charge in [-0.3, -0.25) is 4.79 Å². The molecule has 1 aliphatic heterocycles. The minimum absolute atomic E-state index is 0.000169. The van der Waals surface area contributed by atoms with E-state index in [0.717, 1.165) is 17.5 Å². The molecule has 0 radical (unpaired) electrons. The number of carbonyl (C=O) groups excluding carboxylic acids is 1. The first-order valence-corrected chi connectivity index (χ1v) is 14.4. The normalized spacial score (nSPS) is 28.8. The average molecular weight is 597 g/mol. The standard InChI is InChI=1S/C31H29F5N6O/c1-41-16-39-40-27(41)12-29(10-18(11-29)13-37)19-3-2-4-21(7-19)42-15-23-22(28(42)43)5-17(6-24(23)31(34,35)36)14-38-20-8-25-26(9-20)30(25,32)33/h2-7,16,18,20,25-26,38H,8-12,14-15H2,1H3/t18-,20?,25?,26?,29-. The summed E-state index contributed by atoms with van der Waals surface area (Å²) >= 11 is 0. The zero-order valence-corrected chi connectivity index (χ0v) is 23.3. The molecular formula is C31H29F5N6O. The first kappa shape index (κ1) is 28.0. The Kier molecular flexibility index (Phi) is 6.22. The van der Waals surface area contributed by atoms with Gasteiger partial charge in [-0.25, -0.2) is 8.78 Å². The number of alkyl halides is 5. The van der Waals surface area contributed by atoms with Crippen molar-refractivity contribution in [3.63, 3.8) is 0 Å². The Labute approximate surface area is 244 Å². The second kappa shape index (κ2) is 9.58. The fourth-order valence-electron chi connectivity index (χ4n) is 7.50. The van der Waals surface area contributed by atoms with Crippen molar-refractivity contribution in [1.82, 2.24) is 20.1 Å². The Balaban J connectivity index is 1.15. The molecule has 2 aromatic carbocycles. The topological polar surface area (TPSA) is 86.8 Å². The van der Waals surface area contributed by atoms with E-state index in [1.54, 1.807) is 18.5 Å². The zero-order chi connectivity index (χ0) is 30.3. The van der Waals surface area contributed by atoms with Gasteiger partial charge in [0.25, 0.3) is 11.8 Å². The number of fused-ring (bicyclic) bond motifs is 2. The number of anilines is 1. The number of amides is 1. The minimum atomic E-state index is -4.67. The molecule has 0 saturated heterocycles. The molecule has 3 aromatic rings. The van der Waals surface area contributed by atoms with E-state index in [0.29, 0.717) is 43.4 Å². The van der Waals surface area contributed by atoms with Gasteiger partial charge in [-0.05, 0) is 66.6 Å². The van der Waals surface area contributed by atoms with Gasteiger partial charge in [-0.15, -0.1) is 10.2 Å². The number of nitrogens with one attached hydrogen (secondary N) is 1. The lowest BCUT2D eigenvalue weighted by molar-refractivity contribution is -0.138. The second-order valence-corrected chi connectivity index (χ2v) is 12.6. The van der Waals surface area contributed by atoms with Crippen LogP contribution in [-0.2, 0) is 38.1 Å². The molecule has 4 aliphatic rings. The summed E-state index contributed by atoms with van der Waals surface area (Å²) in [6.07, 6.45) is -0.736. The maximum absolute atomic E-state index is 14.2. The molecule has 1 aromatic heterocycles. The van der Waals surface area contributed by atoms with Crippen LogP contribution in [0.25, 0.3) is 0 Å². The minimum Gasteiger partial charge on any atom is -0.321 e. The van der Waals surface area contributed by atoms with Gasteiger partial charge in [0.1, 0.15) is 12.2 Å². The lowest BCUT2D eigenvalue weighted by Crippen LogP contribution is -2.43. The Bertz CT molecular complexity index is 1640. The number of hydrogen-bond acceptors (Lipinski definition) is 5. The highest BCUT2D eigenvalue weighted by Gasteiger charge is 2.71. The molecule has 2 heterocycles. The summed E-state index contributed by atoms with van der Waals surface area (Å²) in [5, 5.41) is 20.8. The van der Waals surface area contributed by atoms with E-state index in [-0.39, 0.29) is 36.2 Å². The van der Waals surface area contributed by atoms with E-state index >= 15 is 0 Å². The molecule has 0 bridgehead atoms. The maximum Gasteiger partial charge on any atom is 0.416 e. The molecule has 2 unspecified atom stereocenters. The number of carbonyl (C=O) groups is 1. The predicted molar refractivity (Wildman–Crippen MR) is 145 cm³/mol. The number of halogens is 5. The molecule has 3 saturated carbocycles. The van der Waals surface area contributed by atoms with E-state index in [2.05, 4.69) is 21.6 Å². The molecule has 1 N–H and O–H groups in total. The molecule has 3 aliphatic carbocycles. The van der Waals surface area contributed by atoms with Crippen LogP contribution in [0.3, 0.4) is 0 Å². The number of aromatic nitrogens is 3. The summed E-state index contributed by atoms with van der Waals surface area (Å²) < 4.78 is 71.7. The van der Waals surface area contributed by atoms with E-state index in [1.807, 2.05) is 23.7 Å². The smallest absolute Gasteiger partial charge is 0.321 e. The molecule has 3 fully saturated rings. The number of benzene rings is 2. The van der Waals surface area contributed by atoms with Crippen LogP contribution in [0.15, 0.2) is 42.7 Å². The Morgan fingerprint density at radius 1 is 1.14 bits per heavy atom. The Morgan fingerprint density at radius 3 is 2.53 bits per heavy atom. The summed E-state index contributed by atoms with van der Waals surface area (Å²) in [6, 6.07) is 11.9. The molecule has 0 spiro atoms. The van der Waals surface area contributed by atoms with Gasteiger partial charge in [0.05, 0.1) is 18.2 Å². The lowest BCUT2D eigenvalue weighted by Gasteiger charge is -2.45. The second-order valence-electron chi connectivity index (χ2n) is 12.6. The first-order valence-electron chi connectivity index (χ1n) is 14.4. The zero-order valence-electron chi connectivity index (χ0n) is 23.3. The molecule has 1 amide bonds. The van der Waals surface area contributed by atoms with Crippen molar-refractivity contribution >= 4 is 11.6 Å². The maximum atomic E-state index is 14.2. The number of rotatable bonds is 7. The molecule has 7 rings (SSSR count). The molecule has 43 heavy (non-hydrogen) atoms. The van der Waals surface area contributed by atoms with Crippen LogP contribution in [-0.4, -0.2) is 32.6 Å². The summed E-state index contributed by atoms with van der Waals surface area (Å²) in [5.74, 6) is -3.80. The summed E-state index contributed by atoms with van der Waals surface area (Å²) in [4.78, 5) is 15.0. The SMILES string of the molecule is Cn1cnnc1C[C@]1(c2cccc(N3Cc4c(cc(CNC5CC6C(C5)C6(F)F)cc4C(F)(F)F)C3=O)c2)C[C@H](C#N)C1. The number of nitrogens with zero attached hydrogens (tertiary/aromatic N) is 5. The van der Waals surface area contributed by atoms with Crippen LogP contribution in [0.5, 0.6) is 0 Å². The average Bonchev–Trinajstić information content (AvgIpc) is 3.44. The van der Waals surface area contributed by atoms with Crippen LogP contribution in [0, 0.1) is 29.1 Å². The molecule has 12 heteroatoms. The number of nitriles is 1. The van der Waals surface area contributed by atoms with E-state index in [9.17, 15) is 32.0 Å². The molecular weight excluding hydrogens is 567 g/mol. The predicted octanol–water partition coefficient (Wildman–Crippen LogP) is 5.54. The van der Waals surface area contributed by atoms with Gasteiger partial charge in [0.2, 0.25) is 0 Å². The fraction of sp³-hybridized carbons (Fsp3) is 0.484. The fourth-order valence-corrected chi connectivity index (χ4v) is 7.50. The largest absolute Gasteiger partial charge is 0.416 e. The first-order chi connectivity index (χ1) is 20.4. The van der Waals surface area contributed by atoms with Gasteiger partial charge in [-0.2, -0.15) is 18.4 Å². The van der Waals surface area contributed by atoms with Crippen LogP contribution < -0.4 is 10.2 Å². The summed E-state index contributed by atoms with van der Waals surface area (Å²) in [7, 11) is 1.84. The highest BCUT2D eigenvalue weighted by atomic mass is 19.4. The van der Waals surface area contributed by atoms with Crippen LogP contribution in [0.2, 0.25) is 0 Å². The van der Waals surface area contributed by atoms with E-state index in [1.165, 1.54) is 11.0 Å². The Hall–Kier alpha value is -3.85. The molecule has 2 atom stereocenters. The van der Waals surface area contributed by atoms with Gasteiger partial charge < -0.3 is 14.8 Å². The van der Waals surface area contributed by atoms with Gasteiger partial charge >= 0.3 is 6.18 Å². The van der Waals surface area contributed by atoms with Crippen LogP contribution >= 0.6 is 0 Å². The van der Waals surface area contributed by atoms with Crippen molar-refractivity contribution in [2.45, 2.75) is 68.7 Å². The third kappa shape index (κ3) is 4.60. The van der Waals surface area contributed by atoms with Crippen molar-refractivity contribution in [2.75, 3.05) is 4.90 Å².